The molecule has 0 radical (unpaired) electrons. The van der Waals surface area contributed by atoms with Crippen LogP contribution in [0, 0.1) is 11.3 Å². The summed E-state index contributed by atoms with van der Waals surface area (Å²) in [5, 5.41) is 9.15. The van der Waals surface area contributed by atoms with Gasteiger partial charge in [-0.3, -0.25) is 9.59 Å². The zero-order valence-electron chi connectivity index (χ0n) is 10.9. The van der Waals surface area contributed by atoms with Gasteiger partial charge in [-0.15, -0.1) is 0 Å². The maximum Gasteiger partial charge on any atom is 0.311 e. The van der Waals surface area contributed by atoms with Gasteiger partial charge < -0.3 is 10.0 Å². The summed E-state index contributed by atoms with van der Waals surface area (Å²) in [6.45, 7) is 2.71. The lowest BCUT2D eigenvalue weighted by atomic mass is 9.90. The van der Waals surface area contributed by atoms with Crippen LogP contribution in [-0.4, -0.2) is 46.5 Å². The Bertz CT molecular complexity index is 341. The maximum absolute atomic E-state index is 12.2. The van der Waals surface area contributed by atoms with Crippen LogP contribution in [0.3, 0.4) is 0 Å². The average molecular weight is 271 g/mol. The molecule has 2 rings (SSSR count). The van der Waals surface area contributed by atoms with E-state index in [2.05, 4.69) is 0 Å². The van der Waals surface area contributed by atoms with Crippen LogP contribution in [0.5, 0.6) is 0 Å². The number of likely N-dealkylation sites (tertiary alicyclic amines) is 1. The Morgan fingerprint density at radius 3 is 2.61 bits per heavy atom. The Balaban J connectivity index is 1.85. The van der Waals surface area contributed by atoms with Gasteiger partial charge in [0, 0.05) is 19.5 Å². The van der Waals surface area contributed by atoms with Gasteiger partial charge in [-0.2, -0.15) is 11.8 Å². The lowest BCUT2D eigenvalue weighted by molar-refractivity contribution is -0.147. The number of hydrogen-bond acceptors (Lipinski definition) is 3. The van der Waals surface area contributed by atoms with E-state index in [0.29, 0.717) is 31.8 Å². The molecule has 102 valence electrons. The van der Waals surface area contributed by atoms with Crippen molar-refractivity contribution in [2.75, 3.05) is 24.6 Å². The monoisotopic (exact) mass is 271 g/mol. The third-order valence-electron chi connectivity index (χ3n) is 4.15. The minimum absolute atomic E-state index is 0.150. The van der Waals surface area contributed by atoms with Gasteiger partial charge in [0.15, 0.2) is 0 Å². The first-order chi connectivity index (χ1) is 8.51. The van der Waals surface area contributed by atoms with Crippen molar-refractivity contribution in [1.82, 2.24) is 4.90 Å². The standard InChI is InChI=1S/C13H21NO3S/c1-13(12(16)17)4-5-14(9-13)11(15)8-10-2-6-18-7-3-10/h10H,2-9H2,1H3,(H,16,17)/t13-/m1/s1. The number of amides is 1. The highest BCUT2D eigenvalue weighted by Crippen LogP contribution is 2.32. The van der Waals surface area contributed by atoms with Gasteiger partial charge in [0.05, 0.1) is 5.41 Å². The van der Waals surface area contributed by atoms with Crippen molar-refractivity contribution in [3.63, 3.8) is 0 Å². The van der Waals surface area contributed by atoms with E-state index < -0.39 is 11.4 Å². The molecule has 2 heterocycles. The van der Waals surface area contributed by atoms with E-state index in [-0.39, 0.29) is 5.91 Å². The Labute approximate surface area is 112 Å². The third kappa shape index (κ3) is 2.99. The number of thioether (sulfide) groups is 1. The highest BCUT2D eigenvalue weighted by Gasteiger charge is 2.42. The molecule has 0 aromatic heterocycles. The van der Waals surface area contributed by atoms with Crippen LogP contribution in [0.4, 0.5) is 0 Å². The van der Waals surface area contributed by atoms with Crippen molar-refractivity contribution >= 4 is 23.6 Å². The Morgan fingerprint density at radius 1 is 1.39 bits per heavy atom. The van der Waals surface area contributed by atoms with Gasteiger partial charge in [0.1, 0.15) is 0 Å². The molecule has 2 fully saturated rings. The summed E-state index contributed by atoms with van der Waals surface area (Å²) in [6, 6.07) is 0. The molecule has 0 spiro atoms. The van der Waals surface area contributed by atoms with Gasteiger partial charge >= 0.3 is 5.97 Å². The predicted octanol–water partition coefficient (Wildman–Crippen LogP) is 1.84. The number of carboxylic acids is 1. The van der Waals surface area contributed by atoms with E-state index in [4.69, 9.17) is 5.11 Å². The Hall–Kier alpha value is -0.710. The summed E-state index contributed by atoms with van der Waals surface area (Å²) >= 11 is 1.96. The number of aliphatic carboxylic acids is 1. The van der Waals surface area contributed by atoms with Crippen molar-refractivity contribution in [1.29, 1.82) is 0 Å². The first-order valence-electron chi connectivity index (χ1n) is 6.60. The van der Waals surface area contributed by atoms with Crippen molar-refractivity contribution < 1.29 is 14.7 Å². The smallest absolute Gasteiger partial charge is 0.311 e. The zero-order valence-corrected chi connectivity index (χ0v) is 11.7. The molecule has 0 aromatic rings. The van der Waals surface area contributed by atoms with E-state index in [1.165, 1.54) is 0 Å². The second-order valence-corrected chi connectivity index (χ2v) is 6.92. The van der Waals surface area contributed by atoms with Gasteiger partial charge in [-0.25, -0.2) is 0 Å². The van der Waals surface area contributed by atoms with Crippen LogP contribution in [0.2, 0.25) is 0 Å². The van der Waals surface area contributed by atoms with Gasteiger partial charge in [-0.05, 0) is 43.6 Å². The van der Waals surface area contributed by atoms with Crippen LogP contribution < -0.4 is 0 Å². The van der Waals surface area contributed by atoms with Crippen molar-refractivity contribution in [3.05, 3.63) is 0 Å². The molecule has 2 aliphatic heterocycles. The summed E-state index contributed by atoms with van der Waals surface area (Å²) in [5.41, 5.74) is -0.738. The fourth-order valence-electron chi connectivity index (χ4n) is 2.68. The Morgan fingerprint density at radius 2 is 2.06 bits per heavy atom. The number of hydrogen-bond donors (Lipinski definition) is 1. The normalized spacial score (nSPS) is 29.5. The molecule has 1 atom stereocenters. The molecule has 18 heavy (non-hydrogen) atoms. The molecule has 0 aromatic carbocycles. The number of nitrogens with zero attached hydrogens (tertiary/aromatic N) is 1. The predicted molar refractivity (Wildman–Crippen MR) is 71.6 cm³/mol. The number of carbonyl (C=O) groups is 2. The summed E-state index contributed by atoms with van der Waals surface area (Å²) in [7, 11) is 0. The fraction of sp³-hybridized carbons (Fsp3) is 0.846. The molecule has 0 unspecified atom stereocenters. The lowest BCUT2D eigenvalue weighted by Crippen LogP contribution is -2.35. The van der Waals surface area contributed by atoms with E-state index >= 15 is 0 Å². The van der Waals surface area contributed by atoms with E-state index in [0.717, 1.165) is 24.3 Å². The molecule has 0 aliphatic carbocycles. The highest BCUT2D eigenvalue weighted by molar-refractivity contribution is 7.99. The van der Waals surface area contributed by atoms with E-state index in [1.807, 2.05) is 11.8 Å². The number of carbonyl (C=O) groups excluding carboxylic acids is 1. The van der Waals surface area contributed by atoms with Crippen LogP contribution in [-0.2, 0) is 9.59 Å². The fourth-order valence-corrected chi connectivity index (χ4v) is 3.88. The molecule has 2 saturated heterocycles. The second kappa shape index (κ2) is 5.51. The van der Waals surface area contributed by atoms with Crippen molar-refractivity contribution in [3.8, 4) is 0 Å². The minimum Gasteiger partial charge on any atom is -0.481 e. The quantitative estimate of drug-likeness (QED) is 0.851. The molecule has 1 N–H and O–H groups in total. The third-order valence-corrected chi connectivity index (χ3v) is 5.20. The minimum atomic E-state index is -0.785. The SMILES string of the molecule is C[C@@]1(C(=O)O)CCN(C(=O)CC2CCSCC2)C1. The van der Waals surface area contributed by atoms with E-state index in [1.54, 1.807) is 11.8 Å². The molecule has 1 amide bonds. The van der Waals surface area contributed by atoms with Gasteiger partial charge in [0.2, 0.25) is 5.91 Å². The number of rotatable bonds is 3. The first-order valence-corrected chi connectivity index (χ1v) is 7.76. The molecule has 5 heteroatoms. The first kappa shape index (κ1) is 13.7. The zero-order chi connectivity index (χ0) is 13.2. The van der Waals surface area contributed by atoms with Crippen molar-refractivity contribution in [2.24, 2.45) is 11.3 Å². The van der Waals surface area contributed by atoms with Crippen LogP contribution in [0.15, 0.2) is 0 Å². The van der Waals surface area contributed by atoms with E-state index in [9.17, 15) is 9.59 Å². The molecular formula is C13H21NO3S. The topological polar surface area (TPSA) is 57.6 Å². The largest absolute Gasteiger partial charge is 0.481 e. The average Bonchev–Trinajstić information content (AvgIpc) is 2.75. The van der Waals surface area contributed by atoms with Crippen LogP contribution in [0.25, 0.3) is 0 Å². The highest BCUT2D eigenvalue weighted by atomic mass is 32.2. The number of carboxylic acid groups (broad SMARTS) is 1. The van der Waals surface area contributed by atoms with Crippen molar-refractivity contribution in [2.45, 2.75) is 32.6 Å². The molecule has 0 saturated carbocycles. The summed E-state index contributed by atoms with van der Waals surface area (Å²) < 4.78 is 0. The van der Waals surface area contributed by atoms with Crippen LogP contribution in [0.1, 0.15) is 32.6 Å². The summed E-state index contributed by atoms with van der Waals surface area (Å²) in [5.74, 6) is 2.19. The van der Waals surface area contributed by atoms with Gasteiger partial charge in [-0.1, -0.05) is 0 Å². The molecule has 0 bridgehead atoms. The van der Waals surface area contributed by atoms with Crippen LogP contribution >= 0.6 is 11.8 Å². The summed E-state index contributed by atoms with van der Waals surface area (Å²) in [4.78, 5) is 25.0. The van der Waals surface area contributed by atoms with Gasteiger partial charge in [0.25, 0.3) is 0 Å². The molecule has 4 nitrogen and oxygen atoms in total. The maximum atomic E-state index is 12.2. The summed E-state index contributed by atoms with van der Waals surface area (Å²) in [6.07, 6.45) is 3.44. The lowest BCUT2D eigenvalue weighted by Gasteiger charge is -2.24. The molecular weight excluding hydrogens is 250 g/mol. The second-order valence-electron chi connectivity index (χ2n) is 5.69. The molecule has 2 aliphatic rings. The Kier molecular flexibility index (Phi) is 4.20.